The first kappa shape index (κ1) is 37.2. The fourth-order valence-corrected chi connectivity index (χ4v) is 6.84. The topological polar surface area (TPSA) is 219 Å². The van der Waals surface area contributed by atoms with E-state index in [0.29, 0.717) is 41.0 Å². The lowest BCUT2D eigenvalue weighted by molar-refractivity contribution is -0.384. The molecule has 2 aliphatic heterocycles. The summed E-state index contributed by atoms with van der Waals surface area (Å²) in [5, 5.41) is 21.7. The van der Waals surface area contributed by atoms with Crippen molar-refractivity contribution in [1.29, 1.82) is 0 Å². The van der Waals surface area contributed by atoms with Gasteiger partial charge in [-0.2, -0.15) is 0 Å². The SMILES string of the molecule is CC(=O)O[C@H]1C(n2cnc3c(NCc4cc(Cl)ccc4OCc4cc(C)no4)ncnc32)O[C@H](C(=O)N2CCCCC2)[C@H]1NC(=O)c1ccc([N+](=O)[O-])cc1. The Morgan fingerprint density at radius 1 is 1.05 bits per heavy atom. The average Bonchev–Trinajstić information content (AvgIpc) is 3.90. The van der Waals surface area contributed by atoms with Crippen LogP contribution in [0.2, 0.25) is 5.02 Å². The number of nitro groups is 1. The van der Waals surface area contributed by atoms with E-state index in [9.17, 15) is 24.5 Å². The Bertz CT molecular complexity index is 2220. The zero-order valence-electron chi connectivity index (χ0n) is 29.7. The van der Waals surface area contributed by atoms with Crippen LogP contribution in [0.15, 0.2) is 65.7 Å². The number of esters is 1. The molecule has 4 atom stereocenters. The number of carbonyl (C=O) groups is 3. The number of ether oxygens (including phenoxy) is 3. The van der Waals surface area contributed by atoms with Gasteiger partial charge in [-0.15, -0.1) is 0 Å². The number of nitrogens with zero attached hydrogens (tertiary/aromatic N) is 7. The smallest absolute Gasteiger partial charge is 0.303 e. The molecule has 5 aromatic rings. The van der Waals surface area contributed by atoms with Crippen LogP contribution >= 0.6 is 11.6 Å². The number of rotatable bonds is 12. The lowest BCUT2D eigenvalue weighted by Crippen LogP contribution is -2.54. The van der Waals surface area contributed by atoms with Gasteiger partial charge in [0.25, 0.3) is 17.5 Å². The number of aromatic nitrogens is 5. The standard InChI is InChI=1S/C36H36ClN9O9/c1-20-14-26(55-43-20)17-52-27-11-8-24(37)15-23(27)16-38-32-29-33(40-18-39-32)45(19-41-29)36-31(53-21(2)47)28(30(54-36)35(49)44-12-4-3-5-13-44)42-34(48)22-6-9-25(10-7-22)46(50)51/h6-11,14-15,18-19,28,30-31,36H,3-5,12-13,16-17H2,1-2H3,(H,42,48)(H,38,39,40)/t28-,30+,31-,36?/m1/s1. The molecule has 2 saturated heterocycles. The molecular formula is C36H36ClN9O9. The summed E-state index contributed by atoms with van der Waals surface area (Å²) in [6.07, 6.45) is 1.68. The number of piperidine rings is 1. The molecule has 1 unspecified atom stereocenters. The molecule has 0 bridgehead atoms. The number of hydrogen-bond donors (Lipinski definition) is 2. The van der Waals surface area contributed by atoms with Crippen LogP contribution in [0.3, 0.4) is 0 Å². The van der Waals surface area contributed by atoms with Gasteiger partial charge < -0.3 is 34.3 Å². The summed E-state index contributed by atoms with van der Waals surface area (Å²) < 4.78 is 25.0. The number of aryl methyl sites for hydroxylation is 1. The Morgan fingerprint density at radius 2 is 1.84 bits per heavy atom. The minimum absolute atomic E-state index is 0.0951. The highest BCUT2D eigenvalue weighted by atomic mass is 35.5. The van der Waals surface area contributed by atoms with Gasteiger partial charge in [0.15, 0.2) is 41.2 Å². The van der Waals surface area contributed by atoms with Crippen LogP contribution in [0, 0.1) is 17.0 Å². The van der Waals surface area contributed by atoms with Gasteiger partial charge >= 0.3 is 5.97 Å². The average molecular weight is 774 g/mol. The monoisotopic (exact) mass is 773 g/mol. The fraction of sp³-hybridized carbons (Fsp3) is 0.361. The van der Waals surface area contributed by atoms with Crippen molar-refractivity contribution in [3.05, 3.63) is 98.9 Å². The number of nitrogens with one attached hydrogen (secondary N) is 2. The summed E-state index contributed by atoms with van der Waals surface area (Å²) in [5.74, 6) is -0.250. The number of carbonyl (C=O) groups excluding carboxylic acids is 3. The summed E-state index contributed by atoms with van der Waals surface area (Å²) in [4.78, 5) is 65.9. The second-order valence-corrected chi connectivity index (χ2v) is 13.5. The minimum Gasteiger partial charge on any atom is -0.485 e. The Hall–Kier alpha value is -6.14. The molecule has 2 aromatic carbocycles. The number of imidazole rings is 1. The zero-order chi connectivity index (χ0) is 38.6. The second-order valence-electron chi connectivity index (χ2n) is 13.1. The van der Waals surface area contributed by atoms with E-state index in [1.165, 1.54) is 48.4 Å². The number of non-ortho nitro benzene ring substituents is 1. The number of likely N-dealkylation sites (tertiary alicyclic amines) is 1. The fourth-order valence-electron chi connectivity index (χ4n) is 6.65. The second kappa shape index (κ2) is 16.1. The normalized spacial score (nSPS) is 19.6. The first-order valence-corrected chi connectivity index (χ1v) is 17.8. The molecule has 7 rings (SSSR count). The number of nitro benzene ring substituents is 1. The lowest BCUT2D eigenvalue weighted by Gasteiger charge is -2.31. The summed E-state index contributed by atoms with van der Waals surface area (Å²) in [5.41, 5.74) is 1.98. The first-order chi connectivity index (χ1) is 26.5. The Balaban J connectivity index is 1.17. The van der Waals surface area contributed by atoms with Crippen LogP contribution in [0.4, 0.5) is 11.5 Å². The van der Waals surface area contributed by atoms with Crippen molar-refractivity contribution in [3.8, 4) is 5.75 Å². The van der Waals surface area contributed by atoms with Gasteiger partial charge in [-0.1, -0.05) is 16.8 Å². The zero-order valence-corrected chi connectivity index (χ0v) is 30.5. The van der Waals surface area contributed by atoms with Gasteiger partial charge in [0.1, 0.15) is 24.7 Å². The van der Waals surface area contributed by atoms with Gasteiger partial charge in [-0.25, -0.2) is 15.0 Å². The highest BCUT2D eigenvalue weighted by Gasteiger charge is 2.53. The van der Waals surface area contributed by atoms with Crippen LogP contribution in [-0.2, 0) is 32.2 Å². The molecule has 3 aromatic heterocycles. The van der Waals surface area contributed by atoms with Crippen molar-refractivity contribution in [1.82, 2.24) is 34.9 Å². The van der Waals surface area contributed by atoms with Crippen molar-refractivity contribution in [3.63, 3.8) is 0 Å². The van der Waals surface area contributed by atoms with E-state index in [2.05, 4.69) is 30.7 Å². The Morgan fingerprint density at radius 3 is 2.55 bits per heavy atom. The minimum atomic E-state index is -1.27. The van der Waals surface area contributed by atoms with Crippen LogP contribution in [-0.4, -0.2) is 83.6 Å². The molecule has 2 aliphatic rings. The molecular weight excluding hydrogens is 738 g/mol. The molecule has 55 heavy (non-hydrogen) atoms. The molecule has 18 nitrogen and oxygen atoms in total. The maximum atomic E-state index is 14.1. The van der Waals surface area contributed by atoms with E-state index >= 15 is 0 Å². The highest BCUT2D eigenvalue weighted by Crippen LogP contribution is 2.36. The predicted molar refractivity (Wildman–Crippen MR) is 194 cm³/mol. The van der Waals surface area contributed by atoms with Crippen LogP contribution in [0.25, 0.3) is 11.2 Å². The molecule has 0 saturated carbocycles. The number of halogens is 1. The van der Waals surface area contributed by atoms with Gasteiger partial charge in [0.2, 0.25) is 0 Å². The van der Waals surface area contributed by atoms with E-state index in [1.807, 2.05) is 6.92 Å². The highest BCUT2D eigenvalue weighted by molar-refractivity contribution is 6.30. The summed E-state index contributed by atoms with van der Waals surface area (Å²) >= 11 is 6.34. The molecule has 0 radical (unpaired) electrons. The van der Waals surface area contributed by atoms with Crippen molar-refractivity contribution < 1.29 is 38.0 Å². The van der Waals surface area contributed by atoms with Crippen molar-refractivity contribution in [2.24, 2.45) is 0 Å². The molecule has 0 spiro atoms. The third-order valence-corrected chi connectivity index (χ3v) is 9.48. The molecule has 2 amide bonds. The van der Waals surface area contributed by atoms with Gasteiger partial charge in [0.05, 0.1) is 16.9 Å². The van der Waals surface area contributed by atoms with Crippen molar-refractivity contribution in [2.45, 2.75) is 70.7 Å². The Labute approximate surface area is 318 Å². The van der Waals surface area contributed by atoms with E-state index in [-0.39, 0.29) is 36.0 Å². The third kappa shape index (κ3) is 8.19. The van der Waals surface area contributed by atoms with E-state index < -0.39 is 41.3 Å². The first-order valence-electron chi connectivity index (χ1n) is 17.5. The third-order valence-electron chi connectivity index (χ3n) is 9.25. The molecule has 2 fully saturated rings. The van der Waals surface area contributed by atoms with Crippen LogP contribution in [0.1, 0.15) is 59.8 Å². The van der Waals surface area contributed by atoms with Gasteiger partial charge in [-0.3, -0.25) is 29.1 Å². The number of fused-ring (bicyclic) bond motifs is 1. The largest absolute Gasteiger partial charge is 0.485 e. The summed E-state index contributed by atoms with van der Waals surface area (Å²) in [6.45, 7) is 4.41. The molecule has 286 valence electrons. The summed E-state index contributed by atoms with van der Waals surface area (Å²) in [6, 6.07) is 10.8. The van der Waals surface area contributed by atoms with E-state index in [4.69, 9.17) is 30.3 Å². The number of amides is 2. The van der Waals surface area contributed by atoms with Crippen LogP contribution in [0.5, 0.6) is 5.75 Å². The maximum Gasteiger partial charge on any atom is 0.303 e. The quantitative estimate of drug-likeness (QED) is 0.101. The van der Waals surface area contributed by atoms with E-state index in [0.717, 1.165) is 30.5 Å². The number of benzene rings is 2. The number of hydrogen-bond acceptors (Lipinski definition) is 14. The molecule has 19 heteroatoms. The van der Waals surface area contributed by atoms with Gasteiger partial charge in [0, 0.05) is 60.9 Å². The predicted octanol–water partition coefficient (Wildman–Crippen LogP) is 4.52. The van der Waals surface area contributed by atoms with Crippen molar-refractivity contribution in [2.75, 3.05) is 18.4 Å². The van der Waals surface area contributed by atoms with E-state index in [1.54, 1.807) is 29.2 Å². The van der Waals surface area contributed by atoms with Gasteiger partial charge in [-0.05, 0) is 56.5 Å². The molecule has 5 heterocycles. The molecule has 2 N–H and O–H groups in total. The lowest BCUT2D eigenvalue weighted by atomic mass is 10.0. The molecule has 0 aliphatic carbocycles. The Kier molecular flexibility index (Phi) is 10.9. The maximum absolute atomic E-state index is 14.1. The van der Waals surface area contributed by atoms with Crippen molar-refractivity contribution >= 4 is 52.1 Å². The van der Waals surface area contributed by atoms with Crippen LogP contribution < -0.4 is 15.4 Å². The number of anilines is 1. The summed E-state index contributed by atoms with van der Waals surface area (Å²) in [7, 11) is 0.